The van der Waals surface area contributed by atoms with Gasteiger partial charge < -0.3 is 9.84 Å². The summed E-state index contributed by atoms with van der Waals surface area (Å²) in [7, 11) is 0. The van der Waals surface area contributed by atoms with Gasteiger partial charge in [-0.3, -0.25) is 4.90 Å². The summed E-state index contributed by atoms with van der Waals surface area (Å²) < 4.78 is 5.45. The van der Waals surface area contributed by atoms with Gasteiger partial charge in [-0.1, -0.05) is 91.0 Å². The van der Waals surface area contributed by atoms with E-state index in [0.717, 1.165) is 16.7 Å². The number of hydrogen-bond donors (Lipinski definition) is 1. The molecule has 3 aromatic rings. The zero-order valence-corrected chi connectivity index (χ0v) is 16.0. The molecule has 0 saturated heterocycles. The van der Waals surface area contributed by atoms with Crippen LogP contribution in [0.1, 0.15) is 16.7 Å². The van der Waals surface area contributed by atoms with Gasteiger partial charge in [-0.15, -0.1) is 0 Å². The van der Waals surface area contributed by atoms with E-state index in [4.69, 9.17) is 4.74 Å². The molecular formula is C24H23NO4. The maximum atomic E-state index is 12.9. The van der Waals surface area contributed by atoms with Gasteiger partial charge in [-0.05, 0) is 16.7 Å². The molecule has 0 heterocycles. The first-order chi connectivity index (χ1) is 14.1. The highest BCUT2D eigenvalue weighted by Gasteiger charge is 2.31. The van der Waals surface area contributed by atoms with Crippen molar-refractivity contribution in [2.45, 2.75) is 25.6 Å². The van der Waals surface area contributed by atoms with Crippen molar-refractivity contribution in [3.63, 3.8) is 0 Å². The zero-order chi connectivity index (χ0) is 20.5. The van der Waals surface area contributed by atoms with E-state index in [-0.39, 0.29) is 19.6 Å². The fourth-order valence-corrected chi connectivity index (χ4v) is 3.05. The molecule has 5 nitrogen and oxygen atoms in total. The van der Waals surface area contributed by atoms with Crippen molar-refractivity contribution in [2.24, 2.45) is 0 Å². The van der Waals surface area contributed by atoms with Crippen molar-refractivity contribution in [3.05, 3.63) is 108 Å². The molecule has 0 bridgehead atoms. The second-order valence-corrected chi connectivity index (χ2v) is 6.70. The molecule has 0 fully saturated rings. The Hall–Kier alpha value is -3.60. The summed E-state index contributed by atoms with van der Waals surface area (Å²) in [5, 5.41) is 9.87. The molecule has 0 radical (unpaired) electrons. The van der Waals surface area contributed by atoms with Gasteiger partial charge in [-0.25, -0.2) is 9.59 Å². The van der Waals surface area contributed by atoms with Crippen LogP contribution >= 0.6 is 0 Å². The fourth-order valence-electron chi connectivity index (χ4n) is 3.05. The van der Waals surface area contributed by atoms with Gasteiger partial charge in [0, 0.05) is 13.0 Å². The number of carboxylic acids is 1. The van der Waals surface area contributed by atoms with Crippen molar-refractivity contribution in [1.82, 2.24) is 4.90 Å². The lowest BCUT2D eigenvalue weighted by atomic mass is 10.0. The number of nitrogens with zero attached hydrogens (tertiary/aromatic N) is 1. The van der Waals surface area contributed by atoms with Crippen LogP contribution in [0.5, 0.6) is 0 Å². The average molecular weight is 389 g/mol. The molecule has 0 saturated carbocycles. The highest BCUT2D eigenvalue weighted by Crippen LogP contribution is 2.16. The third kappa shape index (κ3) is 5.94. The Morgan fingerprint density at radius 3 is 1.76 bits per heavy atom. The van der Waals surface area contributed by atoms with E-state index in [0.29, 0.717) is 0 Å². The quantitative estimate of drug-likeness (QED) is 0.615. The van der Waals surface area contributed by atoms with Gasteiger partial charge in [0.2, 0.25) is 0 Å². The van der Waals surface area contributed by atoms with Crippen LogP contribution in [0.25, 0.3) is 0 Å². The van der Waals surface area contributed by atoms with Crippen molar-refractivity contribution in [1.29, 1.82) is 0 Å². The normalized spacial score (nSPS) is 11.4. The Morgan fingerprint density at radius 2 is 1.24 bits per heavy atom. The number of carbonyl (C=O) groups is 2. The summed E-state index contributed by atoms with van der Waals surface area (Å²) in [5.74, 6) is -1.07. The van der Waals surface area contributed by atoms with Crippen LogP contribution in [0.3, 0.4) is 0 Å². The van der Waals surface area contributed by atoms with E-state index < -0.39 is 18.1 Å². The zero-order valence-electron chi connectivity index (χ0n) is 16.0. The first kappa shape index (κ1) is 20.1. The van der Waals surface area contributed by atoms with Crippen molar-refractivity contribution >= 4 is 12.1 Å². The number of benzene rings is 3. The maximum absolute atomic E-state index is 12.9. The highest BCUT2D eigenvalue weighted by molar-refractivity contribution is 5.80. The lowest BCUT2D eigenvalue weighted by molar-refractivity contribution is -0.143. The van der Waals surface area contributed by atoms with E-state index in [1.165, 1.54) is 4.90 Å². The van der Waals surface area contributed by atoms with Gasteiger partial charge in [0.05, 0.1) is 0 Å². The van der Waals surface area contributed by atoms with Crippen molar-refractivity contribution in [2.75, 3.05) is 0 Å². The molecule has 0 aromatic heterocycles. The minimum atomic E-state index is -1.07. The summed E-state index contributed by atoms with van der Waals surface area (Å²) in [4.78, 5) is 26.2. The Kier molecular flexibility index (Phi) is 7.00. The van der Waals surface area contributed by atoms with Gasteiger partial charge in [-0.2, -0.15) is 0 Å². The van der Waals surface area contributed by atoms with Gasteiger partial charge >= 0.3 is 12.1 Å². The minimum Gasteiger partial charge on any atom is -0.480 e. The van der Waals surface area contributed by atoms with Crippen LogP contribution in [-0.4, -0.2) is 28.1 Å². The number of aliphatic carboxylic acids is 1. The van der Waals surface area contributed by atoms with Crippen LogP contribution in [0.15, 0.2) is 91.0 Å². The molecule has 0 aliphatic carbocycles. The molecular weight excluding hydrogens is 366 g/mol. The van der Waals surface area contributed by atoms with Gasteiger partial charge in [0.15, 0.2) is 0 Å². The predicted octanol–water partition coefficient (Wildman–Crippen LogP) is 4.52. The van der Waals surface area contributed by atoms with E-state index in [9.17, 15) is 14.7 Å². The number of amides is 1. The number of hydrogen-bond acceptors (Lipinski definition) is 3. The van der Waals surface area contributed by atoms with E-state index in [1.54, 1.807) is 0 Å². The highest BCUT2D eigenvalue weighted by atomic mass is 16.6. The predicted molar refractivity (Wildman–Crippen MR) is 110 cm³/mol. The largest absolute Gasteiger partial charge is 0.480 e. The number of carboxylic acid groups (broad SMARTS) is 1. The van der Waals surface area contributed by atoms with Gasteiger partial charge in [0.25, 0.3) is 0 Å². The summed E-state index contributed by atoms with van der Waals surface area (Å²) in [5.41, 5.74) is 2.52. The molecule has 0 spiro atoms. The first-order valence-electron chi connectivity index (χ1n) is 9.41. The maximum Gasteiger partial charge on any atom is 0.411 e. The summed E-state index contributed by atoms with van der Waals surface area (Å²) >= 11 is 0. The van der Waals surface area contributed by atoms with Crippen LogP contribution in [0.2, 0.25) is 0 Å². The van der Waals surface area contributed by atoms with Crippen LogP contribution in [-0.2, 0) is 29.1 Å². The Balaban J connectivity index is 1.81. The van der Waals surface area contributed by atoms with Crippen LogP contribution in [0, 0.1) is 0 Å². The molecule has 1 atom stereocenters. The van der Waals surface area contributed by atoms with Crippen LogP contribution in [0.4, 0.5) is 4.79 Å². The molecule has 29 heavy (non-hydrogen) atoms. The van der Waals surface area contributed by atoms with Crippen molar-refractivity contribution in [3.8, 4) is 0 Å². The molecule has 0 unspecified atom stereocenters. The number of rotatable bonds is 8. The van der Waals surface area contributed by atoms with Crippen molar-refractivity contribution < 1.29 is 19.4 Å². The third-order valence-electron chi connectivity index (χ3n) is 4.57. The monoisotopic (exact) mass is 389 g/mol. The van der Waals surface area contributed by atoms with E-state index >= 15 is 0 Å². The second kappa shape index (κ2) is 10.1. The molecule has 3 rings (SSSR count). The summed E-state index contributed by atoms with van der Waals surface area (Å²) in [6, 6.07) is 26.9. The Morgan fingerprint density at radius 1 is 0.759 bits per heavy atom. The molecule has 0 aliphatic rings. The molecule has 3 aromatic carbocycles. The lowest BCUT2D eigenvalue weighted by Gasteiger charge is -2.28. The minimum absolute atomic E-state index is 0.0860. The SMILES string of the molecule is O=C(O)[C@H](Cc1ccccc1)N(Cc1ccccc1)C(=O)OCc1ccccc1. The Labute approximate surface area is 170 Å². The summed E-state index contributed by atoms with van der Waals surface area (Å²) in [6.45, 7) is 0.237. The number of carbonyl (C=O) groups excluding carboxylic acids is 1. The lowest BCUT2D eigenvalue weighted by Crippen LogP contribution is -2.46. The smallest absolute Gasteiger partial charge is 0.411 e. The fraction of sp³-hybridized carbons (Fsp3) is 0.167. The Bertz CT molecular complexity index is 913. The van der Waals surface area contributed by atoms with E-state index in [1.807, 2.05) is 91.0 Å². The molecule has 1 N–H and O–H groups in total. The molecule has 1 amide bonds. The number of ether oxygens (including phenoxy) is 1. The van der Waals surface area contributed by atoms with Crippen LogP contribution < -0.4 is 0 Å². The van der Waals surface area contributed by atoms with E-state index in [2.05, 4.69) is 0 Å². The average Bonchev–Trinajstić information content (AvgIpc) is 2.76. The molecule has 148 valence electrons. The topological polar surface area (TPSA) is 66.8 Å². The molecule has 0 aliphatic heterocycles. The second-order valence-electron chi connectivity index (χ2n) is 6.70. The molecule has 5 heteroatoms. The first-order valence-corrected chi connectivity index (χ1v) is 9.41. The summed E-state index contributed by atoms with van der Waals surface area (Å²) in [6.07, 6.45) is -0.454. The van der Waals surface area contributed by atoms with Gasteiger partial charge in [0.1, 0.15) is 12.6 Å². The standard InChI is InChI=1S/C24H23NO4/c26-23(27)22(16-19-10-4-1-5-11-19)25(17-20-12-6-2-7-13-20)24(28)29-18-21-14-8-3-9-15-21/h1-15,22H,16-18H2,(H,26,27)/t22-/m0/s1. The third-order valence-corrected chi connectivity index (χ3v) is 4.57.